The first-order chi connectivity index (χ1) is 8.01. The van der Waals surface area contributed by atoms with Crippen LogP contribution in [0.15, 0.2) is 0 Å². The lowest BCUT2D eigenvalue weighted by molar-refractivity contribution is -0.156. The van der Waals surface area contributed by atoms with Crippen molar-refractivity contribution in [2.24, 2.45) is 5.41 Å². The smallest absolute Gasteiger partial charge is 0.313 e. The van der Waals surface area contributed by atoms with Crippen molar-refractivity contribution in [1.29, 1.82) is 0 Å². The van der Waals surface area contributed by atoms with E-state index in [2.05, 4.69) is 5.32 Å². The third kappa shape index (κ3) is 2.99. The Labute approximate surface area is 103 Å². The van der Waals surface area contributed by atoms with Crippen LogP contribution in [0.1, 0.15) is 39.5 Å². The maximum Gasteiger partial charge on any atom is 0.313 e. The molecule has 2 fully saturated rings. The Kier molecular flexibility index (Phi) is 3.73. The van der Waals surface area contributed by atoms with Gasteiger partial charge in [0.2, 0.25) is 0 Å². The van der Waals surface area contributed by atoms with Crippen LogP contribution >= 0.6 is 0 Å². The molecule has 0 spiro atoms. The maximum atomic E-state index is 11.5. The van der Waals surface area contributed by atoms with E-state index in [1.807, 2.05) is 13.8 Å². The van der Waals surface area contributed by atoms with E-state index in [4.69, 9.17) is 9.47 Å². The monoisotopic (exact) mass is 241 g/mol. The highest BCUT2D eigenvalue weighted by Gasteiger charge is 2.36. The quantitative estimate of drug-likeness (QED) is 0.757. The number of carbonyl (C=O) groups is 1. The van der Waals surface area contributed by atoms with E-state index in [-0.39, 0.29) is 5.97 Å². The van der Waals surface area contributed by atoms with Crippen LogP contribution in [0.4, 0.5) is 0 Å². The molecule has 2 bridgehead atoms. The van der Waals surface area contributed by atoms with Crippen LogP contribution in [0.2, 0.25) is 0 Å². The van der Waals surface area contributed by atoms with Crippen LogP contribution in [0, 0.1) is 5.41 Å². The molecule has 0 saturated carbocycles. The number of nitrogens with one attached hydrogen (secondary N) is 1. The number of fused-ring (bicyclic) bond motifs is 2. The second-order valence-corrected chi connectivity index (χ2v) is 5.92. The van der Waals surface area contributed by atoms with Gasteiger partial charge in [0.15, 0.2) is 0 Å². The van der Waals surface area contributed by atoms with E-state index in [0.717, 1.165) is 12.8 Å². The van der Waals surface area contributed by atoms with E-state index >= 15 is 0 Å². The summed E-state index contributed by atoms with van der Waals surface area (Å²) in [4.78, 5) is 11.5. The molecule has 17 heavy (non-hydrogen) atoms. The van der Waals surface area contributed by atoms with Crippen LogP contribution in [0.5, 0.6) is 0 Å². The summed E-state index contributed by atoms with van der Waals surface area (Å²) in [6.07, 6.45) is 5.00. The topological polar surface area (TPSA) is 47.6 Å². The highest BCUT2D eigenvalue weighted by atomic mass is 16.5. The first-order valence-corrected chi connectivity index (χ1v) is 6.47. The molecule has 2 aliphatic rings. The van der Waals surface area contributed by atoms with Crippen LogP contribution in [-0.2, 0) is 14.3 Å². The average molecular weight is 241 g/mol. The van der Waals surface area contributed by atoms with Crippen molar-refractivity contribution >= 4 is 5.97 Å². The molecule has 2 atom stereocenters. The van der Waals surface area contributed by atoms with Gasteiger partial charge >= 0.3 is 5.97 Å². The van der Waals surface area contributed by atoms with Gasteiger partial charge in [-0.1, -0.05) is 0 Å². The summed E-state index contributed by atoms with van der Waals surface area (Å²) in [5.41, 5.74) is -0.543. The van der Waals surface area contributed by atoms with Gasteiger partial charge in [-0.05, 0) is 39.5 Å². The summed E-state index contributed by atoms with van der Waals surface area (Å²) < 4.78 is 10.7. The highest BCUT2D eigenvalue weighted by molar-refractivity contribution is 5.75. The molecular weight excluding hydrogens is 218 g/mol. The van der Waals surface area contributed by atoms with Crippen LogP contribution in [-0.4, -0.2) is 37.9 Å². The van der Waals surface area contributed by atoms with Crippen molar-refractivity contribution in [3.63, 3.8) is 0 Å². The van der Waals surface area contributed by atoms with Crippen molar-refractivity contribution in [3.8, 4) is 0 Å². The normalized spacial score (nSPS) is 32.5. The van der Waals surface area contributed by atoms with Crippen molar-refractivity contribution in [2.75, 3.05) is 13.7 Å². The Morgan fingerprint density at radius 2 is 1.88 bits per heavy atom. The lowest BCUT2D eigenvalue weighted by atomic mass is 9.94. The van der Waals surface area contributed by atoms with Crippen LogP contribution in [0.3, 0.4) is 0 Å². The predicted molar refractivity (Wildman–Crippen MR) is 64.7 cm³/mol. The molecule has 4 nitrogen and oxygen atoms in total. The van der Waals surface area contributed by atoms with E-state index in [9.17, 15) is 4.79 Å². The summed E-state index contributed by atoms with van der Waals surface area (Å²) in [5.74, 6) is -0.200. The van der Waals surface area contributed by atoms with Crippen molar-refractivity contribution in [3.05, 3.63) is 0 Å². The largest absolute Gasteiger partial charge is 0.469 e. The van der Waals surface area contributed by atoms with Crippen molar-refractivity contribution in [2.45, 2.75) is 57.7 Å². The Balaban J connectivity index is 1.80. The molecule has 0 radical (unpaired) electrons. The van der Waals surface area contributed by atoms with E-state index in [1.165, 1.54) is 20.0 Å². The Morgan fingerprint density at radius 1 is 1.29 bits per heavy atom. The zero-order valence-electron chi connectivity index (χ0n) is 11.0. The van der Waals surface area contributed by atoms with Gasteiger partial charge < -0.3 is 14.8 Å². The van der Waals surface area contributed by atoms with Gasteiger partial charge in [0, 0.05) is 12.1 Å². The fraction of sp³-hybridized carbons (Fsp3) is 0.923. The van der Waals surface area contributed by atoms with Crippen LogP contribution < -0.4 is 5.32 Å². The molecule has 4 heteroatoms. The second kappa shape index (κ2) is 4.94. The number of hydrogen-bond donors (Lipinski definition) is 1. The number of ether oxygens (including phenoxy) is 2. The van der Waals surface area contributed by atoms with Crippen LogP contribution in [0.25, 0.3) is 0 Å². The summed E-state index contributed by atoms with van der Waals surface area (Å²) in [6.45, 7) is 4.19. The molecule has 0 aromatic rings. The van der Waals surface area contributed by atoms with Gasteiger partial charge in [0.25, 0.3) is 0 Å². The minimum absolute atomic E-state index is 0.200. The third-order valence-electron chi connectivity index (χ3n) is 3.85. The van der Waals surface area contributed by atoms with Crippen molar-refractivity contribution < 1.29 is 14.3 Å². The second-order valence-electron chi connectivity index (χ2n) is 5.92. The number of methoxy groups -OCH3 is 1. The molecular formula is C13H23NO3. The van der Waals surface area contributed by atoms with Gasteiger partial charge in [0.05, 0.1) is 25.2 Å². The van der Waals surface area contributed by atoms with Crippen molar-refractivity contribution in [1.82, 2.24) is 5.32 Å². The van der Waals surface area contributed by atoms with Gasteiger partial charge in [-0.25, -0.2) is 0 Å². The number of rotatable bonds is 4. The molecule has 2 rings (SSSR count). The summed E-state index contributed by atoms with van der Waals surface area (Å²) >= 11 is 0. The first kappa shape index (κ1) is 12.8. The summed E-state index contributed by atoms with van der Waals surface area (Å²) in [5, 5.41) is 3.58. The minimum atomic E-state index is -0.543. The fourth-order valence-electron chi connectivity index (χ4n) is 2.80. The minimum Gasteiger partial charge on any atom is -0.469 e. The maximum absolute atomic E-state index is 11.5. The molecule has 2 saturated heterocycles. The third-order valence-corrected chi connectivity index (χ3v) is 3.85. The molecule has 0 amide bonds. The molecule has 2 aliphatic heterocycles. The molecule has 0 aliphatic carbocycles. The highest BCUT2D eigenvalue weighted by Crippen LogP contribution is 2.29. The molecule has 2 heterocycles. The summed E-state index contributed by atoms with van der Waals surface area (Å²) in [6, 6.07) is 1.25. The Bertz CT molecular complexity index is 278. The number of hydrogen-bond acceptors (Lipinski definition) is 4. The SMILES string of the molecule is COC(=O)C(C)(C)COC1CC2CCC(C1)N2. The van der Waals surface area contributed by atoms with E-state index < -0.39 is 5.41 Å². The number of esters is 1. The molecule has 0 aromatic carbocycles. The Morgan fingerprint density at radius 3 is 2.41 bits per heavy atom. The van der Waals surface area contributed by atoms with Gasteiger partial charge in [-0.2, -0.15) is 0 Å². The lowest BCUT2D eigenvalue weighted by Gasteiger charge is -2.31. The van der Waals surface area contributed by atoms with E-state index in [0.29, 0.717) is 24.8 Å². The standard InChI is InChI=1S/C13H23NO3/c1-13(2,12(15)16-3)8-17-11-6-9-4-5-10(7-11)14-9/h9-11,14H,4-8H2,1-3H3. The molecule has 98 valence electrons. The average Bonchev–Trinajstić information content (AvgIpc) is 2.65. The van der Waals surface area contributed by atoms with Gasteiger partial charge in [-0.15, -0.1) is 0 Å². The summed E-state index contributed by atoms with van der Waals surface area (Å²) in [7, 11) is 1.43. The lowest BCUT2D eigenvalue weighted by Crippen LogP contribution is -2.43. The molecule has 2 unspecified atom stereocenters. The predicted octanol–water partition coefficient (Wildman–Crippen LogP) is 1.49. The molecule has 1 N–H and O–H groups in total. The van der Waals surface area contributed by atoms with Gasteiger partial charge in [-0.3, -0.25) is 4.79 Å². The zero-order chi connectivity index (χ0) is 12.5. The molecule has 0 aromatic heterocycles. The fourth-order valence-corrected chi connectivity index (χ4v) is 2.80. The number of carbonyl (C=O) groups excluding carboxylic acids is 1. The first-order valence-electron chi connectivity index (χ1n) is 6.47. The van der Waals surface area contributed by atoms with Gasteiger partial charge in [0.1, 0.15) is 0 Å². The zero-order valence-corrected chi connectivity index (χ0v) is 11.0. The number of piperidine rings is 1. The van der Waals surface area contributed by atoms with E-state index in [1.54, 1.807) is 0 Å². The Hall–Kier alpha value is -0.610.